The van der Waals surface area contributed by atoms with E-state index in [1.165, 1.54) is 50.0 Å². The molecule has 0 spiro atoms. The van der Waals surface area contributed by atoms with Crippen LogP contribution in [0.15, 0.2) is 29.3 Å². The molecule has 2 atom stereocenters. The van der Waals surface area contributed by atoms with Crippen LogP contribution in [0.2, 0.25) is 0 Å². The molecule has 5 nitrogen and oxygen atoms in total. The Morgan fingerprint density at radius 2 is 1.96 bits per heavy atom. The number of benzene rings is 1. The number of rotatable bonds is 7. The summed E-state index contributed by atoms with van der Waals surface area (Å²) in [6.07, 6.45) is 5.31. The number of hydrogen-bond acceptors (Lipinski definition) is 3. The Balaban J connectivity index is 0.00000261. The molecule has 1 aliphatic heterocycles. The first-order chi connectivity index (χ1) is 12.6. The van der Waals surface area contributed by atoms with Gasteiger partial charge in [0.25, 0.3) is 0 Å². The highest BCUT2D eigenvalue weighted by Gasteiger charge is 2.29. The molecule has 2 fully saturated rings. The molecular weight excluding hydrogens is 449 g/mol. The molecule has 1 heterocycles. The molecule has 1 saturated carbocycles. The van der Waals surface area contributed by atoms with E-state index in [4.69, 9.17) is 0 Å². The third kappa shape index (κ3) is 6.24. The first-order valence-corrected chi connectivity index (χ1v) is 10.1. The van der Waals surface area contributed by atoms with Gasteiger partial charge in [0.1, 0.15) is 0 Å². The molecule has 2 aliphatic rings. The van der Waals surface area contributed by atoms with Crippen molar-refractivity contribution in [3.63, 3.8) is 0 Å². The van der Waals surface area contributed by atoms with Gasteiger partial charge in [-0.15, -0.1) is 24.0 Å². The van der Waals surface area contributed by atoms with Crippen molar-refractivity contribution in [2.75, 3.05) is 38.6 Å². The van der Waals surface area contributed by atoms with Gasteiger partial charge in [0.2, 0.25) is 0 Å². The molecular formula is C21H36IN5. The van der Waals surface area contributed by atoms with Gasteiger partial charge in [-0.1, -0.05) is 12.1 Å². The van der Waals surface area contributed by atoms with Gasteiger partial charge in [-0.25, -0.2) is 0 Å². The molecule has 0 aromatic heterocycles. The van der Waals surface area contributed by atoms with Crippen molar-refractivity contribution >= 4 is 35.6 Å². The Bertz CT molecular complexity index is 610. The lowest BCUT2D eigenvalue weighted by molar-refractivity contribution is 0.247. The van der Waals surface area contributed by atoms with E-state index in [1.54, 1.807) is 0 Å². The summed E-state index contributed by atoms with van der Waals surface area (Å²) in [5.41, 5.74) is 2.65. The minimum absolute atomic E-state index is 0. The molecule has 2 N–H and O–H groups in total. The van der Waals surface area contributed by atoms with Gasteiger partial charge in [0.15, 0.2) is 5.96 Å². The average Bonchev–Trinajstić information content (AvgIpc) is 3.37. The van der Waals surface area contributed by atoms with Gasteiger partial charge in [-0.3, -0.25) is 9.89 Å². The minimum Gasteiger partial charge on any atom is -0.372 e. The zero-order valence-corrected chi connectivity index (χ0v) is 19.6. The second kappa shape index (κ2) is 10.5. The topological polar surface area (TPSA) is 42.9 Å². The number of halogens is 1. The molecule has 3 rings (SSSR count). The largest absolute Gasteiger partial charge is 0.372 e. The van der Waals surface area contributed by atoms with E-state index < -0.39 is 0 Å². The molecule has 0 bridgehead atoms. The summed E-state index contributed by atoms with van der Waals surface area (Å²) in [7, 11) is 4.07. The fourth-order valence-corrected chi connectivity index (χ4v) is 3.68. The highest BCUT2D eigenvalue weighted by atomic mass is 127. The van der Waals surface area contributed by atoms with Crippen LogP contribution in [0.4, 0.5) is 5.69 Å². The summed E-state index contributed by atoms with van der Waals surface area (Å²) in [5.74, 6) is 0.875. The summed E-state index contributed by atoms with van der Waals surface area (Å²) in [6.45, 7) is 7.76. The van der Waals surface area contributed by atoms with E-state index in [2.05, 4.69) is 70.6 Å². The van der Waals surface area contributed by atoms with E-state index in [9.17, 15) is 0 Å². The predicted molar refractivity (Wildman–Crippen MR) is 126 cm³/mol. The van der Waals surface area contributed by atoms with Crippen LogP contribution in [0.1, 0.15) is 51.1 Å². The molecule has 152 valence electrons. The summed E-state index contributed by atoms with van der Waals surface area (Å²) >= 11 is 0. The van der Waals surface area contributed by atoms with Crippen molar-refractivity contribution < 1.29 is 0 Å². The molecule has 1 aromatic rings. The second-order valence-electron chi connectivity index (χ2n) is 7.85. The Morgan fingerprint density at radius 3 is 2.59 bits per heavy atom. The van der Waals surface area contributed by atoms with Crippen LogP contribution in [-0.2, 0) is 0 Å². The van der Waals surface area contributed by atoms with Gasteiger partial charge < -0.3 is 15.5 Å². The van der Waals surface area contributed by atoms with Crippen LogP contribution in [0, 0.1) is 0 Å². The summed E-state index contributed by atoms with van der Waals surface area (Å²) < 4.78 is 0. The number of hydrogen-bond donors (Lipinski definition) is 2. The van der Waals surface area contributed by atoms with Crippen LogP contribution in [0.3, 0.4) is 0 Å². The van der Waals surface area contributed by atoms with E-state index in [0.29, 0.717) is 6.04 Å². The molecule has 0 radical (unpaired) electrons. The second-order valence-corrected chi connectivity index (χ2v) is 7.85. The maximum absolute atomic E-state index is 4.41. The molecule has 0 amide bonds. The summed E-state index contributed by atoms with van der Waals surface area (Å²) in [4.78, 5) is 9.37. The van der Waals surface area contributed by atoms with Crippen molar-refractivity contribution in [2.24, 2.45) is 4.99 Å². The smallest absolute Gasteiger partial charge is 0.191 e. The van der Waals surface area contributed by atoms with Crippen LogP contribution in [0.25, 0.3) is 0 Å². The average molecular weight is 485 g/mol. The van der Waals surface area contributed by atoms with Gasteiger partial charge in [0.05, 0.1) is 6.04 Å². The third-order valence-electron chi connectivity index (χ3n) is 5.80. The van der Waals surface area contributed by atoms with Crippen molar-refractivity contribution in [1.82, 2.24) is 15.5 Å². The Kier molecular flexibility index (Phi) is 8.66. The van der Waals surface area contributed by atoms with Gasteiger partial charge in [-0.2, -0.15) is 0 Å². The standard InChI is InChI=1S/C21H35N5.HI/c1-16(25(4)19-10-11-19)15-23-21(22-3)24-17(2)18-8-7-9-20(14-18)26-12-5-6-13-26;/h7-9,14,16-17,19H,5-6,10-13,15H2,1-4H3,(H2,22,23,24);1H. The maximum atomic E-state index is 4.41. The Labute approximate surface area is 182 Å². The van der Waals surface area contributed by atoms with E-state index in [1.807, 2.05) is 7.05 Å². The summed E-state index contributed by atoms with van der Waals surface area (Å²) in [6, 6.07) is 10.4. The van der Waals surface area contributed by atoms with Crippen molar-refractivity contribution in [2.45, 2.75) is 57.7 Å². The monoisotopic (exact) mass is 485 g/mol. The molecule has 1 aromatic carbocycles. The van der Waals surface area contributed by atoms with E-state index >= 15 is 0 Å². The van der Waals surface area contributed by atoms with Gasteiger partial charge in [-0.05, 0) is 64.3 Å². The van der Waals surface area contributed by atoms with Crippen LogP contribution >= 0.6 is 24.0 Å². The number of anilines is 1. The molecule has 27 heavy (non-hydrogen) atoms. The Hall–Kier alpha value is -1.02. The fraction of sp³-hybridized carbons (Fsp3) is 0.667. The lowest BCUT2D eigenvalue weighted by Gasteiger charge is -2.26. The highest BCUT2D eigenvalue weighted by Crippen LogP contribution is 2.27. The van der Waals surface area contributed by atoms with E-state index in [0.717, 1.165) is 18.5 Å². The number of guanidine groups is 1. The van der Waals surface area contributed by atoms with Gasteiger partial charge in [0, 0.05) is 44.5 Å². The number of likely N-dealkylation sites (N-methyl/N-ethyl adjacent to an activating group) is 1. The van der Waals surface area contributed by atoms with Crippen LogP contribution in [-0.4, -0.2) is 56.7 Å². The van der Waals surface area contributed by atoms with Crippen molar-refractivity contribution in [1.29, 1.82) is 0 Å². The zero-order valence-electron chi connectivity index (χ0n) is 17.2. The lowest BCUT2D eigenvalue weighted by atomic mass is 10.1. The third-order valence-corrected chi connectivity index (χ3v) is 5.80. The number of aliphatic imine (C=N–C) groups is 1. The normalized spacial score (nSPS) is 19.6. The van der Waals surface area contributed by atoms with E-state index in [-0.39, 0.29) is 30.0 Å². The van der Waals surface area contributed by atoms with Crippen LogP contribution < -0.4 is 15.5 Å². The summed E-state index contributed by atoms with van der Waals surface area (Å²) in [5, 5.41) is 7.03. The number of nitrogens with one attached hydrogen (secondary N) is 2. The SMILES string of the molecule is CN=C(NCC(C)N(C)C1CC1)NC(C)c1cccc(N2CCCC2)c1.I. The fourth-order valence-electron chi connectivity index (χ4n) is 3.68. The first-order valence-electron chi connectivity index (χ1n) is 10.1. The quantitative estimate of drug-likeness (QED) is 0.352. The highest BCUT2D eigenvalue weighted by molar-refractivity contribution is 14.0. The molecule has 1 aliphatic carbocycles. The lowest BCUT2D eigenvalue weighted by Crippen LogP contribution is -2.46. The molecule has 1 saturated heterocycles. The van der Waals surface area contributed by atoms with Gasteiger partial charge >= 0.3 is 0 Å². The van der Waals surface area contributed by atoms with Crippen LogP contribution in [0.5, 0.6) is 0 Å². The Morgan fingerprint density at radius 1 is 1.26 bits per heavy atom. The molecule has 2 unspecified atom stereocenters. The molecule has 6 heteroatoms. The minimum atomic E-state index is 0. The first kappa shape index (κ1) is 22.3. The number of nitrogens with zero attached hydrogens (tertiary/aromatic N) is 3. The zero-order chi connectivity index (χ0) is 18.5. The van der Waals surface area contributed by atoms with Crippen molar-refractivity contribution in [3.05, 3.63) is 29.8 Å². The predicted octanol–water partition coefficient (Wildman–Crippen LogP) is 3.61. The van der Waals surface area contributed by atoms with Crippen molar-refractivity contribution in [3.8, 4) is 0 Å². The maximum Gasteiger partial charge on any atom is 0.191 e.